The Bertz CT molecular complexity index is 1400. The summed E-state index contributed by atoms with van der Waals surface area (Å²) in [5, 5.41) is 44.3. The van der Waals surface area contributed by atoms with Crippen LogP contribution in [0.1, 0.15) is 134 Å². The number of hydrogen-bond acceptors (Lipinski definition) is 10. The molecular formula is C47H78O10. The van der Waals surface area contributed by atoms with Gasteiger partial charge < -0.3 is 34.6 Å². The van der Waals surface area contributed by atoms with Gasteiger partial charge in [0.05, 0.1) is 30.5 Å². The summed E-state index contributed by atoms with van der Waals surface area (Å²) in [6.07, 6.45) is 12.6. The molecule has 16 unspecified atom stereocenters. The molecule has 0 saturated carbocycles. The topological polar surface area (TPSA) is 160 Å². The number of rotatable bonds is 4. The van der Waals surface area contributed by atoms with Gasteiger partial charge in [0.1, 0.15) is 17.5 Å². The minimum atomic E-state index is -2.14. The van der Waals surface area contributed by atoms with Crippen molar-refractivity contribution in [3.05, 3.63) is 36.5 Å². The lowest BCUT2D eigenvalue weighted by atomic mass is 9.73. The molecule has 3 heterocycles. The van der Waals surface area contributed by atoms with Crippen LogP contribution in [-0.2, 0) is 28.6 Å². The average molecular weight is 803 g/mol. The van der Waals surface area contributed by atoms with Gasteiger partial charge in [-0.15, -0.1) is 0 Å². The molecule has 3 rings (SSSR count). The molecule has 10 nitrogen and oxygen atoms in total. The number of aliphatic hydroxyl groups is 4. The fourth-order valence-electron chi connectivity index (χ4n) is 9.26. The second-order valence-corrected chi connectivity index (χ2v) is 18.6. The number of esters is 1. The number of allylic oxidation sites excluding steroid dienone is 5. The first-order valence-corrected chi connectivity index (χ1v) is 22.1. The summed E-state index contributed by atoms with van der Waals surface area (Å²) in [6.45, 7) is 22.2. The maximum Gasteiger partial charge on any atom is 0.330 e. The smallest absolute Gasteiger partial charge is 0.330 e. The SMILES string of the molecule is CCC(O)CC1OC2(CCC1C)OC1CCC(CC)C=CC=CCC(C)[C@@H](O)[C@](C)(O)C(=O)C(C)C(O)C(C)C(=O)C(C)C(C)C(C)C=CC(=O)OC(C1C)C2C. The Balaban J connectivity index is 1.99. The highest BCUT2D eigenvalue weighted by Crippen LogP contribution is 2.49. The molecule has 0 aromatic heterocycles. The van der Waals surface area contributed by atoms with Crippen LogP contribution in [0.3, 0.4) is 0 Å². The Morgan fingerprint density at radius 3 is 2.12 bits per heavy atom. The van der Waals surface area contributed by atoms with Crippen molar-refractivity contribution in [2.75, 3.05) is 0 Å². The van der Waals surface area contributed by atoms with Gasteiger partial charge in [-0.2, -0.15) is 0 Å². The Hall–Kier alpha value is -2.21. The molecule has 57 heavy (non-hydrogen) atoms. The Morgan fingerprint density at radius 1 is 0.825 bits per heavy atom. The van der Waals surface area contributed by atoms with E-state index >= 15 is 0 Å². The van der Waals surface area contributed by atoms with Crippen LogP contribution in [0.2, 0.25) is 0 Å². The van der Waals surface area contributed by atoms with Crippen molar-refractivity contribution < 1.29 is 49.0 Å². The summed E-state index contributed by atoms with van der Waals surface area (Å²) in [4.78, 5) is 40.9. The van der Waals surface area contributed by atoms with E-state index in [9.17, 15) is 34.8 Å². The van der Waals surface area contributed by atoms with E-state index in [1.807, 2.05) is 45.9 Å². The summed E-state index contributed by atoms with van der Waals surface area (Å²) in [6, 6.07) is 0. The number of carbonyl (C=O) groups is 3. The first-order valence-electron chi connectivity index (χ1n) is 22.1. The normalized spacial score (nSPS) is 44.5. The van der Waals surface area contributed by atoms with Crippen molar-refractivity contribution in [2.45, 2.75) is 182 Å². The molecule has 10 heteroatoms. The van der Waals surface area contributed by atoms with Crippen LogP contribution < -0.4 is 0 Å². The number of ether oxygens (including phenoxy) is 3. The summed E-state index contributed by atoms with van der Waals surface area (Å²) < 4.78 is 20.3. The zero-order valence-corrected chi connectivity index (χ0v) is 37.1. The maximum atomic E-state index is 13.7. The summed E-state index contributed by atoms with van der Waals surface area (Å²) >= 11 is 0. The van der Waals surface area contributed by atoms with Crippen LogP contribution in [-0.4, -0.2) is 86.0 Å². The summed E-state index contributed by atoms with van der Waals surface area (Å²) in [5.41, 5.74) is -2.14. The highest BCUT2D eigenvalue weighted by atomic mass is 16.7. The van der Waals surface area contributed by atoms with Gasteiger partial charge in [0.25, 0.3) is 0 Å². The van der Waals surface area contributed by atoms with Crippen LogP contribution in [0, 0.1) is 59.2 Å². The van der Waals surface area contributed by atoms with Crippen LogP contribution in [0.4, 0.5) is 0 Å². The number of ketones is 2. The molecule has 2 bridgehead atoms. The van der Waals surface area contributed by atoms with Gasteiger partial charge in [0.15, 0.2) is 11.6 Å². The molecule has 0 aliphatic carbocycles. The monoisotopic (exact) mass is 803 g/mol. The molecule has 2 fully saturated rings. The molecule has 0 aromatic rings. The van der Waals surface area contributed by atoms with Gasteiger partial charge in [0.2, 0.25) is 0 Å². The van der Waals surface area contributed by atoms with Crippen molar-refractivity contribution in [1.82, 2.24) is 0 Å². The third-order valence-corrected chi connectivity index (χ3v) is 14.4. The molecule has 0 radical (unpaired) electrons. The number of carbonyl (C=O) groups excluding carboxylic acids is 3. The van der Waals surface area contributed by atoms with Gasteiger partial charge in [-0.1, -0.05) is 107 Å². The highest BCUT2D eigenvalue weighted by Gasteiger charge is 2.56. The Labute approximate surface area is 343 Å². The molecular weight excluding hydrogens is 725 g/mol. The van der Waals surface area contributed by atoms with E-state index in [1.54, 1.807) is 26.8 Å². The molecule has 1 spiro atoms. The molecule has 0 aromatic carbocycles. The van der Waals surface area contributed by atoms with E-state index in [1.165, 1.54) is 19.9 Å². The molecule has 3 aliphatic rings. The van der Waals surface area contributed by atoms with Gasteiger partial charge in [0, 0.05) is 42.1 Å². The number of Topliss-reactive ketones (excluding diaryl/α,β-unsaturated/α-hetero) is 2. The lowest BCUT2D eigenvalue weighted by molar-refractivity contribution is -0.371. The average Bonchev–Trinajstić information content (AvgIpc) is 3.19. The van der Waals surface area contributed by atoms with E-state index in [0.29, 0.717) is 25.7 Å². The minimum absolute atomic E-state index is 0.119. The van der Waals surface area contributed by atoms with Crippen molar-refractivity contribution >= 4 is 17.5 Å². The standard InChI is InChI=1S/C47H78O10/c1-13-36-19-17-15-16-18-29(5)44(52)46(12,54)45(53)34(10)42(51)33(9)41(50)31(7)30(6)27(3)20-23-40(49)55-43-32(8)38(22-21-36)56-47(35(43)11)25-24-28(4)39(57-47)26-37(48)14-2/h15-17,19-20,23,27-39,42-44,48,51-52,54H,13-14,18,21-22,24-26H2,1-12H3/t27?,28?,29?,30?,31?,32?,33?,34?,35?,36?,37?,38?,39?,42?,43?,44-,46+,47?/m1/s1. The summed E-state index contributed by atoms with van der Waals surface area (Å²) in [7, 11) is 0. The van der Waals surface area contributed by atoms with Gasteiger partial charge >= 0.3 is 5.97 Å². The van der Waals surface area contributed by atoms with E-state index in [2.05, 4.69) is 26.8 Å². The van der Waals surface area contributed by atoms with E-state index in [-0.39, 0.29) is 53.5 Å². The van der Waals surface area contributed by atoms with Gasteiger partial charge in [-0.3, -0.25) is 9.59 Å². The summed E-state index contributed by atoms with van der Waals surface area (Å²) in [5.74, 6) is -5.73. The molecule has 0 amide bonds. The highest BCUT2D eigenvalue weighted by molar-refractivity contribution is 5.91. The second kappa shape index (κ2) is 21.4. The molecule has 4 N–H and O–H groups in total. The molecule has 326 valence electrons. The van der Waals surface area contributed by atoms with Crippen LogP contribution in [0.15, 0.2) is 36.5 Å². The minimum Gasteiger partial charge on any atom is -0.458 e. The van der Waals surface area contributed by atoms with E-state index < -0.39 is 71.2 Å². The van der Waals surface area contributed by atoms with Crippen molar-refractivity contribution in [3.63, 3.8) is 0 Å². The van der Waals surface area contributed by atoms with Crippen molar-refractivity contribution in [2.24, 2.45) is 59.2 Å². The molecule has 2 saturated heterocycles. The first-order chi connectivity index (χ1) is 26.6. The first kappa shape index (κ1) is 49.2. The molecule has 18 atom stereocenters. The fourth-order valence-corrected chi connectivity index (χ4v) is 9.26. The van der Waals surface area contributed by atoms with Crippen molar-refractivity contribution in [3.8, 4) is 0 Å². The van der Waals surface area contributed by atoms with E-state index in [4.69, 9.17) is 14.2 Å². The third kappa shape index (κ3) is 12.0. The maximum absolute atomic E-state index is 13.7. The van der Waals surface area contributed by atoms with Gasteiger partial charge in [-0.05, 0) is 81.5 Å². The number of hydrogen-bond donors (Lipinski definition) is 4. The third-order valence-electron chi connectivity index (χ3n) is 14.4. The Morgan fingerprint density at radius 2 is 1.49 bits per heavy atom. The number of fused-ring (bicyclic) bond motifs is 2. The lowest BCUT2D eigenvalue weighted by Crippen LogP contribution is -2.62. The van der Waals surface area contributed by atoms with Gasteiger partial charge in [-0.25, -0.2) is 4.79 Å². The van der Waals surface area contributed by atoms with Crippen molar-refractivity contribution in [1.29, 1.82) is 0 Å². The zero-order valence-electron chi connectivity index (χ0n) is 37.1. The fraction of sp³-hybridized carbons (Fsp3) is 0.809. The lowest BCUT2D eigenvalue weighted by Gasteiger charge is -2.55. The predicted molar refractivity (Wildman–Crippen MR) is 223 cm³/mol. The largest absolute Gasteiger partial charge is 0.458 e. The molecule has 3 aliphatic heterocycles. The van der Waals surface area contributed by atoms with Crippen LogP contribution in [0.5, 0.6) is 0 Å². The second-order valence-electron chi connectivity index (χ2n) is 18.6. The van der Waals surface area contributed by atoms with E-state index in [0.717, 1.165) is 25.7 Å². The van der Waals surface area contributed by atoms with Crippen LogP contribution in [0.25, 0.3) is 0 Å². The number of aliphatic hydroxyl groups excluding tert-OH is 3. The van der Waals surface area contributed by atoms with Crippen LogP contribution >= 0.6 is 0 Å². The Kier molecular flexibility index (Phi) is 18.4. The quantitative estimate of drug-likeness (QED) is 0.209. The predicted octanol–water partition coefficient (Wildman–Crippen LogP) is 7.55. The zero-order chi connectivity index (χ0) is 43.0.